The van der Waals surface area contributed by atoms with E-state index in [0.29, 0.717) is 0 Å². The molecule has 0 unspecified atom stereocenters. The zero-order valence-corrected chi connectivity index (χ0v) is 10.7. The molecule has 0 atom stereocenters. The van der Waals surface area contributed by atoms with Crippen molar-refractivity contribution in [1.29, 1.82) is 0 Å². The summed E-state index contributed by atoms with van der Waals surface area (Å²) in [5, 5.41) is 0. The van der Waals surface area contributed by atoms with Crippen LogP contribution in [0.2, 0.25) is 0 Å². The number of hydrogen-bond acceptors (Lipinski definition) is 1. The predicted octanol–water partition coefficient (Wildman–Crippen LogP) is 3.38. The van der Waals surface area contributed by atoms with Crippen molar-refractivity contribution in [2.24, 2.45) is 0 Å². The third kappa shape index (κ3) is 5.60. The van der Waals surface area contributed by atoms with E-state index in [-0.39, 0.29) is 5.91 Å². The summed E-state index contributed by atoms with van der Waals surface area (Å²) in [4.78, 5) is 13.9. The van der Waals surface area contributed by atoms with E-state index < -0.39 is 0 Å². The number of carbonyl (C=O) groups is 1. The second-order valence-electron chi connectivity index (χ2n) is 3.97. The van der Waals surface area contributed by atoms with Gasteiger partial charge in [0.15, 0.2) is 0 Å². The third-order valence-electron chi connectivity index (χ3n) is 2.62. The molecular formula is C13H25NO. The van der Waals surface area contributed by atoms with Gasteiger partial charge in [0.05, 0.1) is 0 Å². The maximum Gasteiger partial charge on any atom is 0.249 e. The van der Waals surface area contributed by atoms with Crippen LogP contribution in [0.1, 0.15) is 53.4 Å². The van der Waals surface area contributed by atoms with Crippen LogP contribution in [-0.4, -0.2) is 23.9 Å². The van der Waals surface area contributed by atoms with Gasteiger partial charge in [-0.05, 0) is 26.7 Å². The maximum atomic E-state index is 11.9. The van der Waals surface area contributed by atoms with Crippen molar-refractivity contribution < 1.29 is 4.79 Å². The number of amides is 1. The van der Waals surface area contributed by atoms with E-state index in [0.717, 1.165) is 44.3 Å². The standard InChI is InChI=1S/C13H25NO/c1-5-8-10-14(11-9-6-2)13(15)12(4)7-3/h7H,5-6,8-11H2,1-4H3. The number of allylic oxidation sites excluding steroid dienone is 1. The van der Waals surface area contributed by atoms with Crippen molar-refractivity contribution in [3.63, 3.8) is 0 Å². The zero-order chi connectivity index (χ0) is 11.7. The molecule has 0 fully saturated rings. The van der Waals surface area contributed by atoms with Gasteiger partial charge in [0.2, 0.25) is 5.91 Å². The highest BCUT2D eigenvalue weighted by atomic mass is 16.2. The Labute approximate surface area is 94.4 Å². The molecule has 0 aliphatic rings. The van der Waals surface area contributed by atoms with E-state index in [1.807, 2.05) is 24.8 Å². The number of rotatable bonds is 7. The molecule has 0 saturated carbocycles. The Bertz CT molecular complexity index is 201. The van der Waals surface area contributed by atoms with Crippen LogP contribution < -0.4 is 0 Å². The van der Waals surface area contributed by atoms with E-state index in [2.05, 4.69) is 13.8 Å². The van der Waals surface area contributed by atoms with Crippen molar-refractivity contribution in [1.82, 2.24) is 4.90 Å². The van der Waals surface area contributed by atoms with E-state index in [1.165, 1.54) is 0 Å². The van der Waals surface area contributed by atoms with Gasteiger partial charge in [-0.2, -0.15) is 0 Å². The summed E-state index contributed by atoms with van der Waals surface area (Å²) < 4.78 is 0. The van der Waals surface area contributed by atoms with Gasteiger partial charge < -0.3 is 4.90 Å². The zero-order valence-electron chi connectivity index (χ0n) is 10.7. The second-order valence-corrected chi connectivity index (χ2v) is 3.97. The Balaban J connectivity index is 4.26. The molecule has 0 N–H and O–H groups in total. The van der Waals surface area contributed by atoms with Crippen LogP contribution in [0.5, 0.6) is 0 Å². The van der Waals surface area contributed by atoms with Crippen LogP contribution in [-0.2, 0) is 4.79 Å². The van der Waals surface area contributed by atoms with E-state index in [9.17, 15) is 4.79 Å². The first-order valence-corrected chi connectivity index (χ1v) is 6.09. The summed E-state index contributed by atoms with van der Waals surface area (Å²) >= 11 is 0. The molecule has 0 aliphatic heterocycles. The molecule has 88 valence electrons. The molecule has 0 bridgehead atoms. The molecule has 2 nitrogen and oxygen atoms in total. The Hall–Kier alpha value is -0.790. The van der Waals surface area contributed by atoms with Crippen LogP contribution in [0.25, 0.3) is 0 Å². The highest BCUT2D eigenvalue weighted by Gasteiger charge is 2.12. The molecule has 15 heavy (non-hydrogen) atoms. The highest BCUT2D eigenvalue weighted by Crippen LogP contribution is 2.05. The Morgan fingerprint density at radius 2 is 1.60 bits per heavy atom. The lowest BCUT2D eigenvalue weighted by atomic mass is 10.2. The number of nitrogens with zero attached hydrogens (tertiary/aromatic N) is 1. The van der Waals surface area contributed by atoms with E-state index in [1.54, 1.807) is 0 Å². The molecule has 0 aromatic rings. The molecule has 0 aromatic carbocycles. The van der Waals surface area contributed by atoms with Crippen molar-refractivity contribution in [2.75, 3.05) is 13.1 Å². The molecule has 0 rings (SSSR count). The van der Waals surface area contributed by atoms with Crippen LogP contribution >= 0.6 is 0 Å². The van der Waals surface area contributed by atoms with Crippen LogP contribution in [0.3, 0.4) is 0 Å². The van der Waals surface area contributed by atoms with E-state index >= 15 is 0 Å². The molecule has 0 spiro atoms. The molecule has 0 aliphatic carbocycles. The molecule has 0 saturated heterocycles. The van der Waals surface area contributed by atoms with Crippen molar-refractivity contribution in [3.8, 4) is 0 Å². The molecule has 0 radical (unpaired) electrons. The first-order valence-electron chi connectivity index (χ1n) is 6.09. The minimum atomic E-state index is 0.208. The minimum Gasteiger partial charge on any atom is -0.339 e. The highest BCUT2D eigenvalue weighted by molar-refractivity contribution is 5.92. The van der Waals surface area contributed by atoms with Gasteiger partial charge in [-0.1, -0.05) is 32.8 Å². The summed E-state index contributed by atoms with van der Waals surface area (Å²) in [5.41, 5.74) is 0.863. The maximum absolute atomic E-state index is 11.9. The SMILES string of the molecule is CC=C(C)C(=O)N(CCCC)CCCC. The van der Waals surface area contributed by atoms with Crippen molar-refractivity contribution in [2.45, 2.75) is 53.4 Å². The Morgan fingerprint density at radius 1 is 1.13 bits per heavy atom. The lowest BCUT2D eigenvalue weighted by molar-refractivity contribution is -0.127. The molecule has 1 amide bonds. The Morgan fingerprint density at radius 3 is 1.93 bits per heavy atom. The smallest absolute Gasteiger partial charge is 0.249 e. The summed E-state index contributed by atoms with van der Waals surface area (Å²) in [5.74, 6) is 0.208. The number of unbranched alkanes of at least 4 members (excludes halogenated alkanes) is 2. The summed E-state index contributed by atoms with van der Waals surface area (Å²) in [7, 11) is 0. The molecule has 0 heterocycles. The van der Waals surface area contributed by atoms with Gasteiger partial charge in [0.1, 0.15) is 0 Å². The van der Waals surface area contributed by atoms with Gasteiger partial charge in [-0.25, -0.2) is 0 Å². The normalized spacial score (nSPS) is 11.6. The fourth-order valence-corrected chi connectivity index (χ4v) is 1.39. The van der Waals surface area contributed by atoms with E-state index in [4.69, 9.17) is 0 Å². The van der Waals surface area contributed by atoms with Gasteiger partial charge in [-0.15, -0.1) is 0 Å². The summed E-state index contributed by atoms with van der Waals surface area (Å²) in [6.45, 7) is 9.94. The summed E-state index contributed by atoms with van der Waals surface area (Å²) in [6.07, 6.45) is 6.39. The van der Waals surface area contributed by atoms with Gasteiger partial charge in [-0.3, -0.25) is 4.79 Å². The lowest BCUT2D eigenvalue weighted by Gasteiger charge is -2.22. The lowest BCUT2D eigenvalue weighted by Crippen LogP contribution is -2.33. The van der Waals surface area contributed by atoms with Gasteiger partial charge in [0.25, 0.3) is 0 Å². The average molecular weight is 211 g/mol. The first kappa shape index (κ1) is 14.2. The number of hydrogen-bond donors (Lipinski definition) is 0. The van der Waals surface area contributed by atoms with Gasteiger partial charge >= 0.3 is 0 Å². The van der Waals surface area contributed by atoms with Crippen LogP contribution in [0.15, 0.2) is 11.6 Å². The quantitative estimate of drug-likeness (QED) is 0.591. The predicted molar refractivity (Wildman–Crippen MR) is 65.8 cm³/mol. The Kier molecular flexibility index (Phi) is 8.06. The van der Waals surface area contributed by atoms with Gasteiger partial charge in [0, 0.05) is 18.7 Å². The minimum absolute atomic E-state index is 0.208. The average Bonchev–Trinajstić information content (AvgIpc) is 2.27. The first-order chi connectivity index (χ1) is 7.17. The molecule has 2 heteroatoms. The molecular weight excluding hydrogens is 186 g/mol. The largest absolute Gasteiger partial charge is 0.339 e. The fourth-order valence-electron chi connectivity index (χ4n) is 1.39. The summed E-state index contributed by atoms with van der Waals surface area (Å²) in [6, 6.07) is 0. The monoisotopic (exact) mass is 211 g/mol. The van der Waals surface area contributed by atoms with Crippen LogP contribution in [0.4, 0.5) is 0 Å². The second kappa shape index (κ2) is 8.51. The fraction of sp³-hybridized carbons (Fsp3) is 0.769. The number of carbonyl (C=O) groups excluding carboxylic acids is 1. The van der Waals surface area contributed by atoms with Crippen molar-refractivity contribution in [3.05, 3.63) is 11.6 Å². The molecule has 0 aromatic heterocycles. The van der Waals surface area contributed by atoms with Crippen molar-refractivity contribution >= 4 is 5.91 Å². The topological polar surface area (TPSA) is 20.3 Å². The third-order valence-corrected chi connectivity index (χ3v) is 2.62. The van der Waals surface area contributed by atoms with Crippen LogP contribution in [0, 0.1) is 0 Å².